The molecule has 86 valence electrons. The van der Waals surface area contributed by atoms with Gasteiger partial charge in [-0.3, -0.25) is 4.79 Å². The van der Waals surface area contributed by atoms with Crippen LogP contribution in [-0.2, 0) is 4.79 Å². The van der Waals surface area contributed by atoms with Gasteiger partial charge in [-0.1, -0.05) is 0 Å². The van der Waals surface area contributed by atoms with E-state index in [1.807, 2.05) is 32.8 Å². The van der Waals surface area contributed by atoms with E-state index in [1.165, 1.54) is 0 Å². The molecular formula is C11H21N3O. The Morgan fingerprint density at radius 2 is 2.13 bits per heavy atom. The summed E-state index contributed by atoms with van der Waals surface area (Å²) in [4.78, 5) is 13.5. The topological polar surface area (TPSA) is 58.4 Å². The molecule has 0 aromatic heterocycles. The monoisotopic (exact) mass is 211 g/mol. The Balaban J connectivity index is 4.07. The molecule has 0 aromatic rings. The molecule has 0 aliphatic rings. The van der Waals surface area contributed by atoms with Crippen molar-refractivity contribution >= 4 is 5.91 Å². The van der Waals surface area contributed by atoms with Crippen LogP contribution in [0, 0.1) is 12.3 Å². The summed E-state index contributed by atoms with van der Waals surface area (Å²) in [5, 5.41) is 2.79. The first-order valence-electron chi connectivity index (χ1n) is 4.95. The van der Waals surface area contributed by atoms with Gasteiger partial charge in [0.05, 0.1) is 6.04 Å². The van der Waals surface area contributed by atoms with Gasteiger partial charge in [0.2, 0.25) is 5.91 Å². The Morgan fingerprint density at radius 3 is 2.53 bits per heavy atom. The number of amides is 1. The minimum absolute atomic E-state index is 0.0917. The molecule has 15 heavy (non-hydrogen) atoms. The number of carbonyl (C=O) groups excluding carboxylic acids is 1. The zero-order valence-electron chi connectivity index (χ0n) is 10.0. The Bertz CT molecular complexity index is 253. The molecule has 0 spiro atoms. The molecule has 0 bridgehead atoms. The summed E-state index contributed by atoms with van der Waals surface area (Å²) in [6, 6.07) is -0.604. The van der Waals surface area contributed by atoms with Gasteiger partial charge in [-0.05, 0) is 27.9 Å². The van der Waals surface area contributed by atoms with Crippen LogP contribution in [-0.4, -0.2) is 43.0 Å². The molecule has 1 unspecified atom stereocenters. The molecule has 0 radical (unpaired) electrons. The van der Waals surface area contributed by atoms with Crippen molar-refractivity contribution < 1.29 is 4.79 Å². The van der Waals surface area contributed by atoms with Gasteiger partial charge in [-0.2, -0.15) is 0 Å². The lowest BCUT2D eigenvalue weighted by molar-refractivity contribution is -0.122. The normalized spacial score (nSPS) is 13.4. The number of terminal acetylenes is 1. The summed E-state index contributed by atoms with van der Waals surface area (Å²) in [6.07, 6.45) is 5.35. The Morgan fingerprint density at radius 1 is 1.60 bits per heavy atom. The van der Waals surface area contributed by atoms with E-state index in [4.69, 9.17) is 12.2 Å². The lowest BCUT2D eigenvalue weighted by atomic mass is 10.0. The number of nitrogens with zero attached hydrogens (tertiary/aromatic N) is 1. The minimum Gasteiger partial charge on any atom is -0.353 e. The van der Waals surface area contributed by atoms with Crippen molar-refractivity contribution in [3.63, 3.8) is 0 Å². The average Bonchev–Trinajstić information content (AvgIpc) is 2.14. The van der Waals surface area contributed by atoms with Gasteiger partial charge in [0.15, 0.2) is 0 Å². The highest BCUT2D eigenvalue weighted by atomic mass is 16.2. The van der Waals surface area contributed by atoms with Crippen LogP contribution in [0.15, 0.2) is 0 Å². The van der Waals surface area contributed by atoms with Crippen LogP contribution < -0.4 is 11.1 Å². The second kappa shape index (κ2) is 5.74. The van der Waals surface area contributed by atoms with Crippen LogP contribution in [0.3, 0.4) is 0 Å². The van der Waals surface area contributed by atoms with Crippen molar-refractivity contribution in [2.45, 2.75) is 31.8 Å². The fourth-order valence-corrected chi connectivity index (χ4v) is 0.812. The Kier molecular flexibility index (Phi) is 5.34. The van der Waals surface area contributed by atoms with E-state index < -0.39 is 6.04 Å². The van der Waals surface area contributed by atoms with E-state index in [0.29, 0.717) is 6.54 Å². The first-order chi connectivity index (χ1) is 6.81. The molecule has 3 N–H and O–H groups in total. The molecule has 0 fully saturated rings. The van der Waals surface area contributed by atoms with E-state index >= 15 is 0 Å². The standard InChI is InChI=1S/C11H21N3O/c1-6-7-9(12)10(15)13-8-11(2,3)14(4)5/h1,9H,7-8,12H2,2-5H3,(H,13,15). The van der Waals surface area contributed by atoms with Gasteiger partial charge >= 0.3 is 0 Å². The maximum absolute atomic E-state index is 11.5. The van der Waals surface area contributed by atoms with Crippen LogP contribution in [0.4, 0.5) is 0 Å². The van der Waals surface area contributed by atoms with E-state index in [1.54, 1.807) is 0 Å². The average molecular weight is 211 g/mol. The fourth-order valence-electron chi connectivity index (χ4n) is 0.812. The number of nitrogens with two attached hydrogens (primary N) is 1. The third-order valence-corrected chi connectivity index (χ3v) is 2.58. The maximum atomic E-state index is 11.5. The van der Waals surface area contributed by atoms with Gasteiger partial charge in [-0.25, -0.2) is 0 Å². The molecule has 0 aromatic carbocycles. The number of carbonyl (C=O) groups is 1. The quantitative estimate of drug-likeness (QED) is 0.619. The van der Waals surface area contributed by atoms with Crippen molar-refractivity contribution in [1.82, 2.24) is 10.2 Å². The maximum Gasteiger partial charge on any atom is 0.237 e. The summed E-state index contributed by atoms with van der Waals surface area (Å²) in [5.74, 6) is 2.18. The van der Waals surface area contributed by atoms with E-state index in [-0.39, 0.29) is 17.9 Å². The number of rotatable bonds is 5. The van der Waals surface area contributed by atoms with E-state index in [2.05, 4.69) is 11.2 Å². The van der Waals surface area contributed by atoms with Crippen molar-refractivity contribution in [1.29, 1.82) is 0 Å². The predicted molar refractivity (Wildman–Crippen MR) is 62.2 cm³/mol. The van der Waals surface area contributed by atoms with Crippen molar-refractivity contribution in [3.8, 4) is 12.3 Å². The minimum atomic E-state index is -0.604. The predicted octanol–water partition coefficient (Wildman–Crippen LogP) is -0.207. The van der Waals surface area contributed by atoms with E-state index in [9.17, 15) is 4.79 Å². The molecule has 0 saturated carbocycles. The highest BCUT2D eigenvalue weighted by Gasteiger charge is 2.22. The molecule has 0 aliphatic heterocycles. The van der Waals surface area contributed by atoms with Crippen LogP contribution in [0.25, 0.3) is 0 Å². The molecule has 0 rings (SSSR count). The van der Waals surface area contributed by atoms with Crippen molar-refractivity contribution in [2.24, 2.45) is 5.73 Å². The number of nitrogens with one attached hydrogen (secondary N) is 1. The molecule has 0 saturated heterocycles. The largest absolute Gasteiger partial charge is 0.353 e. The molecule has 0 aliphatic carbocycles. The van der Waals surface area contributed by atoms with Gasteiger partial charge in [0, 0.05) is 18.5 Å². The SMILES string of the molecule is C#CCC(N)C(=O)NCC(C)(C)N(C)C. The van der Waals surface area contributed by atoms with Gasteiger partial charge < -0.3 is 16.0 Å². The molecule has 1 amide bonds. The molecular weight excluding hydrogens is 190 g/mol. The molecule has 0 heterocycles. The summed E-state index contributed by atoms with van der Waals surface area (Å²) in [6.45, 7) is 4.64. The highest BCUT2D eigenvalue weighted by molar-refractivity contribution is 5.81. The van der Waals surface area contributed by atoms with E-state index in [0.717, 1.165) is 0 Å². The highest BCUT2D eigenvalue weighted by Crippen LogP contribution is 2.07. The zero-order valence-corrected chi connectivity index (χ0v) is 10.0. The summed E-state index contributed by atoms with van der Waals surface area (Å²) < 4.78 is 0. The second-order valence-electron chi connectivity index (χ2n) is 4.44. The summed E-state index contributed by atoms with van der Waals surface area (Å²) in [5.41, 5.74) is 5.47. The summed E-state index contributed by atoms with van der Waals surface area (Å²) in [7, 11) is 3.93. The zero-order chi connectivity index (χ0) is 12.1. The Hall–Kier alpha value is -1.05. The summed E-state index contributed by atoms with van der Waals surface area (Å²) >= 11 is 0. The third-order valence-electron chi connectivity index (χ3n) is 2.58. The van der Waals surface area contributed by atoms with Crippen LogP contribution in [0.2, 0.25) is 0 Å². The number of hydrogen-bond donors (Lipinski definition) is 2. The third kappa shape index (κ3) is 4.82. The second-order valence-corrected chi connectivity index (χ2v) is 4.44. The van der Waals surface area contributed by atoms with Crippen molar-refractivity contribution in [3.05, 3.63) is 0 Å². The first kappa shape index (κ1) is 13.9. The first-order valence-corrected chi connectivity index (χ1v) is 4.95. The smallest absolute Gasteiger partial charge is 0.237 e. The molecule has 4 heteroatoms. The van der Waals surface area contributed by atoms with Crippen molar-refractivity contribution in [2.75, 3.05) is 20.6 Å². The van der Waals surface area contributed by atoms with Gasteiger partial charge in [0.1, 0.15) is 0 Å². The van der Waals surface area contributed by atoms with Crippen LogP contribution in [0.1, 0.15) is 20.3 Å². The van der Waals surface area contributed by atoms with Gasteiger partial charge in [0.25, 0.3) is 0 Å². The fraction of sp³-hybridized carbons (Fsp3) is 0.727. The van der Waals surface area contributed by atoms with Gasteiger partial charge in [-0.15, -0.1) is 12.3 Å². The lowest BCUT2D eigenvalue weighted by Gasteiger charge is -2.32. The van der Waals surface area contributed by atoms with Crippen LogP contribution >= 0.6 is 0 Å². The lowest BCUT2D eigenvalue weighted by Crippen LogP contribution is -2.51. The number of hydrogen-bond acceptors (Lipinski definition) is 3. The molecule has 4 nitrogen and oxygen atoms in total. The van der Waals surface area contributed by atoms with Crippen LogP contribution in [0.5, 0.6) is 0 Å². The molecule has 1 atom stereocenters. The Labute approximate surface area is 92.2 Å². The number of likely N-dealkylation sites (N-methyl/N-ethyl adjacent to an activating group) is 1.